The lowest BCUT2D eigenvalue weighted by Crippen LogP contribution is -1.73. The Kier molecular flexibility index (Phi) is 18.8. The number of hydrogen-bond acceptors (Lipinski definition) is 0. The molecule has 0 radical (unpaired) electrons. The third-order valence-corrected chi connectivity index (χ3v) is 3.76. The lowest BCUT2D eigenvalue weighted by molar-refractivity contribution is 1.62. The van der Waals surface area contributed by atoms with Gasteiger partial charge < -0.3 is 0 Å². The predicted molar refractivity (Wildman–Crippen MR) is 151 cm³/mol. The van der Waals surface area contributed by atoms with Gasteiger partial charge in [-0.2, -0.15) is 0 Å². The van der Waals surface area contributed by atoms with Crippen molar-refractivity contribution in [3.8, 4) is 22.3 Å². The highest BCUT2D eigenvalue weighted by Gasteiger charge is 1.92. The minimum atomic E-state index is 1.28. The van der Waals surface area contributed by atoms with Gasteiger partial charge in [0.2, 0.25) is 0 Å². The number of hydrogen-bond donors (Lipinski definition) is 0. The van der Waals surface area contributed by atoms with Crippen molar-refractivity contribution in [1.82, 2.24) is 0 Å². The molecule has 170 valence electrons. The molecule has 0 aromatic heterocycles. The minimum Gasteiger partial charge on any atom is -0.103 e. The lowest BCUT2D eigenvalue weighted by Gasteiger charge is -1.98. The molecule has 4 aromatic carbocycles. The van der Waals surface area contributed by atoms with Crippen molar-refractivity contribution in [2.75, 3.05) is 0 Å². The summed E-state index contributed by atoms with van der Waals surface area (Å²) in [5.41, 5.74) is 5.10. The first kappa shape index (κ1) is 29.1. The van der Waals surface area contributed by atoms with Crippen LogP contribution in [0.2, 0.25) is 0 Å². The highest BCUT2D eigenvalue weighted by atomic mass is 14.0. The van der Waals surface area contributed by atoms with Crippen LogP contribution in [0.4, 0.5) is 0 Å². The monoisotopic (exact) mass is 434 g/mol. The number of allylic oxidation sites excluding steroid dienone is 3. The first-order valence-electron chi connectivity index (χ1n) is 11.1. The van der Waals surface area contributed by atoms with Gasteiger partial charge in [0, 0.05) is 0 Å². The van der Waals surface area contributed by atoms with Crippen molar-refractivity contribution < 1.29 is 0 Å². The molecule has 0 N–H and O–H groups in total. The fourth-order valence-electron chi connectivity index (χ4n) is 2.52. The lowest BCUT2D eigenvalue weighted by atomic mass is 10.1. The fraction of sp³-hybridized carbons (Fsp3) is 0.0909. The molecule has 0 saturated heterocycles. The summed E-state index contributed by atoms with van der Waals surface area (Å²) in [7, 11) is 0. The second kappa shape index (κ2) is 21.3. The van der Waals surface area contributed by atoms with Crippen molar-refractivity contribution in [1.29, 1.82) is 0 Å². The molecule has 0 aliphatic heterocycles. The van der Waals surface area contributed by atoms with Crippen LogP contribution >= 0.6 is 0 Å². The molecule has 0 bridgehead atoms. The van der Waals surface area contributed by atoms with Crippen molar-refractivity contribution in [2.45, 2.75) is 20.8 Å². The van der Waals surface area contributed by atoms with Gasteiger partial charge in [-0.25, -0.2) is 0 Å². The largest absolute Gasteiger partial charge is 0.103 e. The summed E-state index contributed by atoms with van der Waals surface area (Å²) in [6.07, 6.45) is 5.25. The van der Waals surface area contributed by atoms with Crippen LogP contribution in [0.15, 0.2) is 159 Å². The van der Waals surface area contributed by atoms with Crippen molar-refractivity contribution in [2.24, 2.45) is 0 Å². The highest BCUT2D eigenvalue weighted by molar-refractivity contribution is 5.63. The van der Waals surface area contributed by atoms with Gasteiger partial charge in [-0.15, -0.1) is 19.7 Å². The maximum absolute atomic E-state index is 3.36. The van der Waals surface area contributed by atoms with Gasteiger partial charge in [0.05, 0.1) is 0 Å². The van der Waals surface area contributed by atoms with Crippen molar-refractivity contribution in [3.63, 3.8) is 0 Å². The molecule has 0 atom stereocenters. The molecule has 0 heteroatoms. The van der Waals surface area contributed by atoms with E-state index in [0.29, 0.717) is 0 Å². The normalized spacial score (nSPS) is 8.21. The molecule has 0 fully saturated rings. The Bertz CT molecular complexity index is 789. The van der Waals surface area contributed by atoms with Crippen LogP contribution < -0.4 is 0 Å². The van der Waals surface area contributed by atoms with E-state index in [9.17, 15) is 0 Å². The van der Waals surface area contributed by atoms with Crippen molar-refractivity contribution >= 4 is 0 Å². The number of rotatable bonds is 2. The maximum atomic E-state index is 3.36. The summed E-state index contributed by atoms with van der Waals surface area (Å²) < 4.78 is 0. The van der Waals surface area contributed by atoms with E-state index in [2.05, 4.69) is 117 Å². The van der Waals surface area contributed by atoms with Gasteiger partial charge in [-0.3, -0.25) is 0 Å². The van der Waals surface area contributed by atoms with Gasteiger partial charge >= 0.3 is 0 Å². The summed E-state index contributed by atoms with van der Waals surface area (Å²) in [6, 6.07) is 41.6. The van der Waals surface area contributed by atoms with E-state index in [-0.39, 0.29) is 0 Å². The van der Waals surface area contributed by atoms with E-state index in [1.165, 1.54) is 22.3 Å². The molecule has 0 nitrogen and oxygen atoms in total. The topological polar surface area (TPSA) is 0 Å². The molecule has 0 aliphatic carbocycles. The average Bonchev–Trinajstić information content (AvgIpc) is 2.88. The Morgan fingerprint density at radius 2 is 0.455 bits per heavy atom. The third-order valence-electron chi connectivity index (χ3n) is 3.76. The highest BCUT2D eigenvalue weighted by Crippen LogP contribution is 2.18. The first-order chi connectivity index (χ1) is 16.2. The smallest absolute Gasteiger partial charge is 0.0184 e. The van der Waals surface area contributed by atoms with Gasteiger partial charge in [0.1, 0.15) is 0 Å². The van der Waals surface area contributed by atoms with E-state index >= 15 is 0 Å². The number of benzene rings is 4. The molecule has 0 unspecified atom stereocenters. The Morgan fingerprint density at radius 3 is 0.576 bits per heavy atom. The minimum absolute atomic E-state index is 1.28. The van der Waals surface area contributed by atoms with E-state index in [1.807, 2.05) is 45.0 Å². The Morgan fingerprint density at radius 1 is 0.333 bits per heavy atom. The summed E-state index contributed by atoms with van der Waals surface area (Å²) in [4.78, 5) is 0. The molecular formula is C33H38. The SMILES string of the molecule is C=CC.C=CC.C=CC.c1ccc(-c2ccccc2)cc1.c1ccc(-c2ccccc2)cc1. The maximum Gasteiger partial charge on any atom is -0.0184 e. The molecule has 0 aliphatic rings. The van der Waals surface area contributed by atoms with Gasteiger partial charge in [0.25, 0.3) is 0 Å². The van der Waals surface area contributed by atoms with Crippen LogP contribution in [0.1, 0.15) is 20.8 Å². The quantitative estimate of drug-likeness (QED) is 0.275. The third kappa shape index (κ3) is 14.7. The van der Waals surface area contributed by atoms with E-state index in [4.69, 9.17) is 0 Å². The van der Waals surface area contributed by atoms with Gasteiger partial charge in [0.15, 0.2) is 0 Å². The van der Waals surface area contributed by atoms with Gasteiger partial charge in [-0.05, 0) is 43.0 Å². The zero-order valence-electron chi connectivity index (χ0n) is 20.4. The second-order valence-corrected chi connectivity index (χ2v) is 6.69. The molecule has 0 spiro atoms. The zero-order chi connectivity index (χ0) is 24.6. The van der Waals surface area contributed by atoms with Crippen LogP contribution in [-0.2, 0) is 0 Å². The molecule has 4 rings (SSSR count). The van der Waals surface area contributed by atoms with Crippen molar-refractivity contribution in [3.05, 3.63) is 159 Å². The van der Waals surface area contributed by atoms with Crippen LogP contribution in [0, 0.1) is 0 Å². The fourth-order valence-corrected chi connectivity index (χ4v) is 2.52. The molecule has 33 heavy (non-hydrogen) atoms. The van der Waals surface area contributed by atoms with Crippen LogP contribution in [-0.4, -0.2) is 0 Å². The van der Waals surface area contributed by atoms with E-state index < -0.39 is 0 Å². The summed E-state index contributed by atoms with van der Waals surface area (Å²) in [5, 5.41) is 0. The molecule has 0 saturated carbocycles. The summed E-state index contributed by atoms with van der Waals surface area (Å²) in [5.74, 6) is 0. The first-order valence-corrected chi connectivity index (χ1v) is 11.1. The Balaban J connectivity index is 0.000000460. The summed E-state index contributed by atoms with van der Waals surface area (Å²) >= 11 is 0. The standard InChI is InChI=1S/2C12H10.3C3H6/c2*1-3-7-11(8-4-1)12-9-5-2-6-10-12;3*1-3-2/h2*1-10H;3*3H,1H2,2H3. The van der Waals surface area contributed by atoms with Crippen LogP contribution in [0.25, 0.3) is 22.3 Å². The van der Waals surface area contributed by atoms with Gasteiger partial charge in [-0.1, -0.05) is 140 Å². The molecular weight excluding hydrogens is 396 g/mol. The van der Waals surface area contributed by atoms with Crippen LogP contribution in [0.3, 0.4) is 0 Å². The second-order valence-electron chi connectivity index (χ2n) is 6.69. The molecule has 0 heterocycles. The van der Waals surface area contributed by atoms with E-state index in [0.717, 1.165) is 0 Å². The van der Waals surface area contributed by atoms with E-state index in [1.54, 1.807) is 18.2 Å². The Hall–Kier alpha value is -3.90. The molecule has 0 amide bonds. The Labute approximate surface area is 202 Å². The predicted octanol–water partition coefficient (Wildman–Crippen LogP) is 10.3. The average molecular weight is 435 g/mol. The summed E-state index contributed by atoms with van der Waals surface area (Å²) in [6.45, 7) is 15.8. The zero-order valence-corrected chi connectivity index (χ0v) is 20.4. The molecule has 4 aromatic rings. The van der Waals surface area contributed by atoms with Crippen LogP contribution in [0.5, 0.6) is 0 Å².